The summed E-state index contributed by atoms with van der Waals surface area (Å²) in [7, 11) is 1.68. The molecule has 162 valence electrons. The van der Waals surface area contributed by atoms with Gasteiger partial charge in [0.15, 0.2) is 5.96 Å². The lowest BCUT2D eigenvalue weighted by atomic mass is 10.1. The zero-order valence-electron chi connectivity index (χ0n) is 17.4. The first kappa shape index (κ1) is 24.2. The summed E-state index contributed by atoms with van der Waals surface area (Å²) in [6.07, 6.45) is 6.20. The van der Waals surface area contributed by atoms with Gasteiger partial charge in [-0.1, -0.05) is 12.1 Å². The van der Waals surface area contributed by atoms with Crippen molar-refractivity contribution in [3.8, 4) is 5.75 Å². The predicted molar refractivity (Wildman–Crippen MR) is 133 cm³/mol. The molecule has 3 aromatic rings. The predicted octanol–water partition coefficient (Wildman–Crippen LogP) is 4.23. The summed E-state index contributed by atoms with van der Waals surface area (Å²) in [6.45, 7) is 4.34. The van der Waals surface area contributed by atoms with Crippen LogP contribution in [-0.2, 0) is 19.3 Å². The monoisotopic (exact) mass is 540 g/mol. The summed E-state index contributed by atoms with van der Waals surface area (Å²) in [5, 5.41) is 7.95. The maximum Gasteiger partial charge on any atom is 0.191 e. The summed E-state index contributed by atoms with van der Waals surface area (Å²) in [5.74, 6) is 2.66. The second kappa shape index (κ2) is 13.3. The SMILES string of the molecule is COc1ccc(CCNC(=NCCc2ncc(C)s2)NCCc2ccco2)cc1.I. The van der Waals surface area contributed by atoms with Crippen LogP contribution in [0.1, 0.15) is 21.2 Å². The molecule has 6 nitrogen and oxygen atoms in total. The van der Waals surface area contributed by atoms with Crippen molar-refractivity contribution in [1.82, 2.24) is 15.6 Å². The van der Waals surface area contributed by atoms with Gasteiger partial charge in [-0.3, -0.25) is 4.99 Å². The van der Waals surface area contributed by atoms with E-state index in [0.29, 0.717) is 6.54 Å². The van der Waals surface area contributed by atoms with Gasteiger partial charge in [-0.15, -0.1) is 35.3 Å². The number of thiazole rings is 1. The number of guanidine groups is 1. The number of methoxy groups -OCH3 is 1. The molecule has 2 aromatic heterocycles. The Bertz CT molecular complexity index is 879. The van der Waals surface area contributed by atoms with E-state index in [0.717, 1.165) is 54.8 Å². The molecule has 3 rings (SSSR count). The number of hydrogen-bond donors (Lipinski definition) is 2. The minimum atomic E-state index is 0. The highest BCUT2D eigenvalue weighted by molar-refractivity contribution is 14.0. The number of nitrogens with one attached hydrogen (secondary N) is 2. The van der Waals surface area contributed by atoms with Gasteiger partial charge in [0.25, 0.3) is 0 Å². The van der Waals surface area contributed by atoms with E-state index < -0.39 is 0 Å². The van der Waals surface area contributed by atoms with Crippen LogP contribution in [0.25, 0.3) is 0 Å². The fourth-order valence-corrected chi connectivity index (χ4v) is 3.61. The van der Waals surface area contributed by atoms with E-state index in [4.69, 9.17) is 14.1 Å². The van der Waals surface area contributed by atoms with Gasteiger partial charge in [0, 0.05) is 43.5 Å². The number of aliphatic imine (C=N–C) groups is 1. The van der Waals surface area contributed by atoms with Crippen molar-refractivity contribution in [2.75, 3.05) is 26.7 Å². The molecule has 8 heteroatoms. The average Bonchev–Trinajstić information content (AvgIpc) is 3.40. The van der Waals surface area contributed by atoms with Crippen molar-refractivity contribution in [2.24, 2.45) is 4.99 Å². The van der Waals surface area contributed by atoms with E-state index in [1.807, 2.05) is 30.5 Å². The van der Waals surface area contributed by atoms with Crippen LogP contribution in [-0.4, -0.2) is 37.7 Å². The largest absolute Gasteiger partial charge is 0.497 e. The molecule has 0 atom stereocenters. The summed E-state index contributed by atoms with van der Waals surface area (Å²) >= 11 is 1.73. The standard InChI is InChI=1S/C22H28N4O2S.HI/c1-17-16-26-21(29-17)11-14-25-22(24-13-10-20-4-3-15-28-20)23-12-9-18-5-7-19(27-2)8-6-18;/h3-8,15-16H,9-14H2,1-2H3,(H2,23,24,25);1H. The van der Waals surface area contributed by atoms with Gasteiger partial charge in [0.1, 0.15) is 11.5 Å². The first-order valence-electron chi connectivity index (χ1n) is 9.82. The quantitative estimate of drug-likeness (QED) is 0.229. The Morgan fingerprint density at radius 3 is 2.50 bits per heavy atom. The van der Waals surface area contributed by atoms with Crippen molar-refractivity contribution in [3.63, 3.8) is 0 Å². The van der Waals surface area contributed by atoms with E-state index in [9.17, 15) is 0 Å². The molecule has 0 amide bonds. The van der Waals surface area contributed by atoms with Crippen LogP contribution in [0.15, 0.2) is 58.3 Å². The molecule has 2 N–H and O–H groups in total. The molecule has 0 fully saturated rings. The van der Waals surface area contributed by atoms with E-state index in [1.54, 1.807) is 24.7 Å². The van der Waals surface area contributed by atoms with Gasteiger partial charge in [-0.2, -0.15) is 0 Å². The molecule has 0 saturated heterocycles. The van der Waals surface area contributed by atoms with E-state index in [-0.39, 0.29) is 24.0 Å². The zero-order valence-corrected chi connectivity index (χ0v) is 20.5. The van der Waals surface area contributed by atoms with Gasteiger partial charge in [-0.25, -0.2) is 4.98 Å². The number of aryl methyl sites for hydroxylation is 1. The smallest absolute Gasteiger partial charge is 0.191 e. The fraction of sp³-hybridized carbons (Fsp3) is 0.364. The Kier molecular flexibility index (Phi) is 10.7. The highest BCUT2D eigenvalue weighted by Crippen LogP contribution is 2.12. The Morgan fingerprint density at radius 2 is 1.87 bits per heavy atom. The lowest BCUT2D eigenvalue weighted by molar-refractivity contribution is 0.414. The molecule has 0 bridgehead atoms. The van der Waals surface area contributed by atoms with Crippen LogP contribution in [0.5, 0.6) is 5.75 Å². The molecule has 0 aliphatic rings. The maximum absolute atomic E-state index is 5.40. The van der Waals surface area contributed by atoms with Crippen LogP contribution in [0, 0.1) is 6.92 Å². The third-order valence-corrected chi connectivity index (χ3v) is 5.35. The van der Waals surface area contributed by atoms with Crippen molar-refractivity contribution in [2.45, 2.75) is 26.2 Å². The number of aromatic nitrogens is 1. The van der Waals surface area contributed by atoms with Crippen molar-refractivity contribution in [1.29, 1.82) is 0 Å². The topological polar surface area (TPSA) is 71.7 Å². The van der Waals surface area contributed by atoms with Crippen molar-refractivity contribution < 1.29 is 9.15 Å². The Hall–Kier alpha value is -2.07. The first-order chi connectivity index (χ1) is 14.2. The zero-order chi connectivity index (χ0) is 20.3. The molecule has 0 aliphatic carbocycles. The molecule has 0 unspecified atom stereocenters. The van der Waals surface area contributed by atoms with Crippen LogP contribution in [0.3, 0.4) is 0 Å². The van der Waals surface area contributed by atoms with Crippen molar-refractivity contribution in [3.05, 3.63) is 70.1 Å². The highest BCUT2D eigenvalue weighted by Gasteiger charge is 2.03. The molecular weight excluding hydrogens is 511 g/mol. The number of furan rings is 1. The van der Waals surface area contributed by atoms with Gasteiger partial charge in [0.05, 0.1) is 18.4 Å². The Morgan fingerprint density at radius 1 is 1.10 bits per heavy atom. The first-order valence-corrected chi connectivity index (χ1v) is 10.6. The number of ether oxygens (including phenoxy) is 1. The summed E-state index contributed by atoms with van der Waals surface area (Å²) in [5.41, 5.74) is 1.26. The third-order valence-electron chi connectivity index (χ3n) is 4.37. The van der Waals surface area contributed by atoms with E-state index >= 15 is 0 Å². The number of halogens is 1. The molecule has 2 heterocycles. The van der Waals surface area contributed by atoms with Crippen LogP contribution >= 0.6 is 35.3 Å². The fourth-order valence-electron chi connectivity index (χ4n) is 2.83. The second-order valence-corrected chi connectivity index (χ2v) is 7.95. The lowest BCUT2D eigenvalue weighted by Crippen LogP contribution is -2.39. The molecule has 1 aromatic carbocycles. The molecular formula is C22H29IN4O2S. The highest BCUT2D eigenvalue weighted by atomic mass is 127. The summed E-state index contributed by atoms with van der Waals surface area (Å²) in [4.78, 5) is 10.4. The average molecular weight is 540 g/mol. The van der Waals surface area contributed by atoms with Crippen LogP contribution in [0.4, 0.5) is 0 Å². The summed E-state index contributed by atoms with van der Waals surface area (Å²) in [6, 6.07) is 12.1. The minimum absolute atomic E-state index is 0. The summed E-state index contributed by atoms with van der Waals surface area (Å²) < 4.78 is 10.6. The van der Waals surface area contributed by atoms with E-state index in [1.165, 1.54) is 10.4 Å². The van der Waals surface area contributed by atoms with E-state index in [2.05, 4.69) is 34.7 Å². The number of nitrogens with zero attached hydrogens (tertiary/aromatic N) is 2. The molecule has 30 heavy (non-hydrogen) atoms. The van der Waals surface area contributed by atoms with Gasteiger partial charge < -0.3 is 19.8 Å². The van der Waals surface area contributed by atoms with Crippen LogP contribution < -0.4 is 15.4 Å². The molecule has 0 saturated carbocycles. The second-order valence-electron chi connectivity index (χ2n) is 6.63. The van der Waals surface area contributed by atoms with Gasteiger partial charge in [0.2, 0.25) is 0 Å². The molecule has 0 spiro atoms. The number of rotatable bonds is 10. The third kappa shape index (κ3) is 8.35. The normalized spacial score (nSPS) is 11.1. The lowest BCUT2D eigenvalue weighted by Gasteiger charge is -2.12. The van der Waals surface area contributed by atoms with Gasteiger partial charge >= 0.3 is 0 Å². The minimum Gasteiger partial charge on any atom is -0.497 e. The number of benzene rings is 1. The molecule has 0 aliphatic heterocycles. The van der Waals surface area contributed by atoms with Crippen LogP contribution in [0.2, 0.25) is 0 Å². The molecule has 0 radical (unpaired) electrons. The van der Waals surface area contributed by atoms with Gasteiger partial charge in [-0.05, 0) is 43.2 Å². The maximum atomic E-state index is 5.40. The number of hydrogen-bond acceptors (Lipinski definition) is 5. The Labute approximate surface area is 199 Å². The Balaban J connectivity index is 0.00000320. The van der Waals surface area contributed by atoms with Crippen molar-refractivity contribution >= 4 is 41.3 Å².